The Morgan fingerprint density at radius 1 is 1.45 bits per heavy atom. The largest absolute Gasteiger partial charge is 0.399 e. The Balaban J connectivity index is 0.000001000. The SMILES string of the molecule is Cc1cc(N)ccc1C=O.Cl. The molecule has 0 amide bonds. The van der Waals surface area contributed by atoms with Crippen LogP contribution in [0.1, 0.15) is 15.9 Å². The summed E-state index contributed by atoms with van der Waals surface area (Å²) in [5.41, 5.74) is 7.79. The lowest BCUT2D eigenvalue weighted by molar-refractivity contribution is 0.112. The van der Waals surface area contributed by atoms with Crippen LogP contribution in [0, 0.1) is 6.92 Å². The van der Waals surface area contributed by atoms with Crippen LogP contribution in [0.3, 0.4) is 0 Å². The van der Waals surface area contributed by atoms with Crippen LogP contribution in [0.4, 0.5) is 5.69 Å². The highest BCUT2D eigenvalue weighted by molar-refractivity contribution is 5.85. The Kier molecular flexibility index (Phi) is 3.61. The first-order valence-electron chi connectivity index (χ1n) is 3.05. The molecule has 0 heterocycles. The van der Waals surface area contributed by atoms with Gasteiger partial charge >= 0.3 is 0 Å². The molecule has 2 N–H and O–H groups in total. The van der Waals surface area contributed by atoms with Gasteiger partial charge in [-0.05, 0) is 30.7 Å². The number of nitrogen functional groups attached to an aromatic ring is 1. The van der Waals surface area contributed by atoms with Crippen molar-refractivity contribution in [2.75, 3.05) is 5.73 Å². The molecule has 0 saturated heterocycles. The second kappa shape index (κ2) is 3.98. The van der Waals surface area contributed by atoms with E-state index in [1.165, 1.54) is 0 Å². The van der Waals surface area contributed by atoms with Gasteiger partial charge in [0.05, 0.1) is 0 Å². The lowest BCUT2D eigenvalue weighted by Crippen LogP contribution is -1.89. The highest BCUT2D eigenvalue weighted by Crippen LogP contribution is 2.09. The fourth-order valence-corrected chi connectivity index (χ4v) is 0.831. The lowest BCUT2D eigenvalue weighted by atomic mass is 10.1. The maximum absolute atomic E-state index is 10.3. The van der Waals surface area contributed by atoms with Crippen molar-refractivity contribution in [1.82, 2.24) is 0 Å². The summed E-state index contributed by atoms with van der Waals surface area (Å²) >= 11 is 0. The van der Waals surface area contributed by atoms with Gasteiger partial charge in [-0.3, -0.25) is 4.79 Å². The van der Waals surface area contributed by atoms with Crippen molar-refractivity contribution >= 4 is 24.4 Å². The monoisotopic (exact) mass is 171 g/mol. The molecule has 0 radical (unpaired) electrons. The maximum Gasteiger partial charge on any atom is 0.150 e. The summed E-state index contributed by atoms with van der Waals surface area (Å²) in [5, 5.41) is 0. The molecular weight excluding hydrogens is 162 g/mol. The molecule has 1 rings (SSSR count). The smallest absolute Gasteiger partial charge is 0.150 e. The minimum absolute atomic E-state index is 0. The van der Waals surface area contributed by atoms with Crippen LogP contribution in [0.15, 0.2) is 18.2 Å². The summed E-state index contributed by atoms with van der Waals surface area (Å²) in [4.78, 5) is 10.3. The third-order valence-corrected chi connectivity index (χ3v) is 1.42. The molecule has 0 aliphatic carbocycles. The number of aldehydes is 1. The lowest BCUT2D eigenvalue weighted by Gasteiger charge is -1.97. The Hall–Kier alpha value is -1.02. The van der Waals surface area contributed by atoms with Crippen LogP contribution in [-0.2, 0) is 0 Å². The molecule has 0 unspecified atom stereocenters. The number of carbonyl (C=O) groups is 1. The Morgan fingerprint density at radius 3 is 2.55 bits per heavy atom. The highest BCUT2D eigenvalue weighted by atomic mass is 35.5. The van der Waals surface area contributed by atoms with Crippen LogP contribution in [0.2, 0.25) is 0 Å². The van der Waals surface area contributed by atoms with Crippen molar-refractivity contribution in [1.29, 1.82) is 0 Å². The molecule has 0 bridgehead atoms. The maximum atomic E-state index is 10.3. The van der Waals surface area contributed by atoms with Crippen molar-refractivity contribution in [3.8, 4) is 0 Å². The summed E-state index contributed by atoms with van der Waals surface area (Å²) in [5.74, 6) is 0. The minimum atomic E-state index is 0. The molecule has 60 valence electrons. The van der Waals surface area contributed by atoms with Gasteiger partial charge < -0.3 is 5.73 Å². The van der Waals surface area contributed by atoms with E-state index in [-0.39, 0.29) is 12.4 Å². The highest BCUT2D eigenvalue weighted by Gasteiger charge is 1.94. The van der Waals surface area contributed by atoms with E-state index >= 15 is 0 Å². The molecule has 0 spiro atoms. The first-order chi connectivity index (χ1) is 4.74. The molecule has 0 aromatic heterocycles. The van der Waals surface area contributed by atoms with Gasteiger partial charge in [0.2, 0.25) is 0 Å². The van der Waals surface area contributed by atoms with E-state index in [1.54, 1.807) is 18.2 Å². The number of hydrogen-bond acceptors (Lipinski definition) is 2. The quantitative estimate of drug-likeness (QED) is 0.517. The van der Waals surface area contributed by atoms with Crippen molar-refractivity contribution in [2.24, 2.45) is 0 Å². The number of rotatable bonds is 1. The second-order valence-corrected chi connectivity index (χ2v) is 2.23. The molecule has 0 aliphatic rings. The summed E-state index contributed by atoms with van der Waals surface area (Å²) in [6, 6.07) is 5.22. The molecule has 11 heavy (non-hydrogen) atoms. The van der Waals surface area contributed by atoms with Crippen LogP contribution in [0.5, 0.6) is 0 Å². The fourth-order valence-electron chi connectivity index (χ4n) is 0.831. The number of aryl methyl sites for hydroxylation is 1. The summed E-state index contributed by atoms with van der Waals surface area (Å²) < 4.78 is 0. The molecule has 2 nitrogen and oxygen atoms in total. The van der Waals surface area contributed by atoms with E-state index in [9.17, 15) is 4.79 Å². The summed E-state index contributed by atoms with van der Waals surface area (Å²) in [6.45, 7) is 1.86. The molecule has 0 atom stereocenters. The molecule has 0 aliphatic heterocycles. The van der Waals surface area contributed by atoms with E-state index in [0.29, 0.717) is 11.3 Å². The molecule has 0 fully saturated rings. The zero-order valence-corrected chi connectivity index (χ0v) is 7.02. The van der Waals surface area contributed by atoms with E-state index in [1.807, 2.05) is 6.92 Å². The van der Waals surface area contributed by atoms with Crippen molar-refractivity contribution in [3.63, 3.8) is 0 Å². The number of carbonyl (C=O) groups excluding carboxylic acids is 1. The van der Waals surface area contributed by atoms with Crippen LogP contribution < -0.4 is 5.73 Å². The number of benzene rings is 1. The third kappa shape index (κ3) is 2.24. The summed E-state index contributed by atoms with van der Waals surface area (Å²) in [7, 11) is 0. The zero-order chi connectivity index (χ0) is 7.56. The van der Waals surface area contributed by atoms with Gasteiger partial charge in [0, 0.05) is 11.3 Å². The van der Waals surface area contributed by atoms with Crippen LogP contribution in [-0.4, -0.2) is 6.29 Å². The topological polar surface area (TPSA) is 43.1 Å². The normalized spacial score (nSPS) is 8.45. The number of nitrogens with two attached hydrogens (primary N) is 1. The Morgan fingerprint density at radius 2 is 2.09 bits per heavy atom. The van der Waals surface area contributed by atoms with Gasteiger partial charge in [-0.2, -0.15) is 0 Å². The predicted molar refractivity (Wildman–Crippen MR) is 48.2 cm³/mol. The molecular formula is C8H10ClNO. The average molecular weight is 172 g/mol. The van der Waals surface area contributed by atoms with E-state index in [2.05, 4.69) is 0 Å². The van der Waals surface area contributed by atoms with Gasteiger partial charge in [-0.1, -0.05) is 0 Å². The molecule has 1 aromatic carbocycles. The number of hydrogen-bond donors (Lipinski definition) is 1. The molecule has 1 aromatic rings. The first-order valence-corrected chi connectivity index (χ1v) is 3.05. The van der Waals surface area contributed by atoms with Gasteiger partial charge in [-0.15, -0.1) is 12.4 Å². The first kappa shape index (κ1) is 9.98. The summed E-state index contributed by atoms with van der Waals surface area (Å²) in [6.07, 6.45) is 0.828. The van der Waals surface area contributed by atoms with E-state index < -0.39 is 0 Å². The third-order valence-electron chi connectivity index (χ3n) is 1.42. The Bertz CT molecular complexity index is 260. The fraction of sp³-hybridized carbons (Fsp3) is 0.125. The molecule has 0 saturated carbocycles. The van der Waals surface area contributed by atoms with Crippen molar-refractivity contribution < 1.29 is 4.79 Å². The molecule has 3 heteroatoms. The van der Waals surface area contributed by atoms with Gasteiger partial charge in [0.1, 0.15) is 6.29 Å². The number of halogens is 1. The van der Waals surface area contributed by atoms with Gasteiger partial charge in [0.25, 0.3) is 0 Å². The minimum Gasteiger partial charge on any atom is -0.399 e. The predicted octanol–water partition coefficient (Wildman–Crippen LogP) is 1.81. The average Bonchev–Trinajstić information content (AvgIpc) is 1.88. The standard InChI is InChI=1S/C8H9NO.ClH/c1-6-4-8(9)3-2-7(6)5-10;/h2-5H,9H2,1H3;1H. The van der Waals surface area contributed by atoms with Crippen molar-refractivity contribution in [3.05, 3.63) is 29.3 Å². The van der Waals surface area contributed by atoms with Crippen molar-refractivity contribution in [2.45, 2.75) is 6.92 Å². The number of anilines is 1. The van der Waals surface area contributed by atoms with Crippen LogP contribution in [0.25, 0.3) is 0 Å². The van der Waals surface area contributed by atoms with E-state index in [4.69, 9.17) is 5.73 Å². The second-order valence-electron chi connectivity index (χ2n) is 2.23. The zero-order valence-electron chi connectivity index (χ0n) is 6.20. The Labute approximate surface area is 71.8 Å². The van der Waals surface area contributed by atoms with E-state index in [0.717, 1.165) is 11.8 Å². The van der Waals surface area contributed by atoms with Gasteiger partial charge in [0.15, 0.2) is 0 Å². The van der Waals surface area contributed by atoms with Gasteiger partial charge in [-0.25, -0.2) is 0 Å². The van der Waals surface area contributed by atoms with Crippen LogP contribution >= 0.6 is 12.4 Å².